The Bertz CT molecular complexity index is 185. The van der Waals surface area contributed by atoms with E-state index in [1.54, 1.807) is 7.11 Å². The third kappa shape index (κ3) is 4.84. The first-order valence-corrected chi connectivity index (χ1v) is 6.77. The number of rotatable bonds is 7. The Morgan fingerprint density at radius 1 is 1.31 bits per heavy atom. The van der Waals surface area contributed by atoms with Crippen molar-refractivity contribution in [3.8, 4) is 0 Å². The normalized spacial score (nSPS) is 20.2. The lowest BCUT2D eigenvalue weighted by Gasteiger charge is -2.29. The summed E-state index contributed by atoms with van der Waals surface area (Å²) in [7, 11) is 1.78. The molecule has 0 amide bonds. The van der Waals surface area contributed by atoms with Crippen molar-refractivity contribution >= 4 is 0 Å². The van der Waals surface area contributed by atoms with E-state index in [4.69, 9.17) is 4.74 Å². The number of nitrogens with one attached hydrogen (secondary N) is 1. The Morgan fingerprint density at radius 2 is 1.94 bits per heavy atom. The van der Waals surface area contributed by atoms with E-state index in [0.717, 1.165) is 25.5 Å². The minimum absolute atomic E-state index is 0.350. The van der Waals surface area contributed by atoms with E-state index >= 15 is 0 Å². The molecule has 2 nitrogen and oxygen atoms in total. The summed E-state index contributed by atoms with van der Waals surface area (Å²) in [6.45, 7) is 8.96. The molecule has 0 aliphatic heterocycles. The quantitative estimate of drug-likeness (QED) is 0.721. The van der Waals surface area contributed by atoms with Gasteiger partial charge in [-0.15, -0.1) is 0 Å². The Morgan fingerprint density at radius 3 is 2.50 bits per heavy atom. The summed E-state index contributed by atoms with van der Waals surface area (Å²) in [5.74, 6) is 0.915. The van der Waals surface area contributed by atoms with Crippen LogP contribution < -0.4 is 5.32 Å². The van der Waals surface area contributed by atoms with Gasteiger partial charge in [0.2, 0.25) is 0 Å². The first-order chi connectivity index (χ1) is 7.55. The van der Waals surface area contributed by atoms with Gasteiger partial charge in [-0.25, -0.2) is 0 Å². The number of hydrogen-bond acceptors (Lipinski definition) is 2. The molecule has 0 aromatic heterocycles. The second-order valence-corrected chi connectivity index (χ2v) is 6.12. The van der Waals surface area contributed by atoms with Gasteiger partial charge in [-0.3, -0.25) is 0 Å². The van der Waals surface area contributed by atoms with Gasteiger partial charge in [0.25, 0.3) is 0 Å². The molecule has 2 heteroatoms. The van der Waals surface area contributed by atoms with Crippen molar-refractivity contribution in [1.29, 1.82) is 0 Å². The van der Waals surface area contributed by atoms with Crippen LogP contribution in [-0.2, 0) is 4.74 Å². The summed E-state index contributed by atoms with van der Waals surface area (Å²) in [5, 5.41) is 3.72. The Kier molecular flexibility index (Phi) is 5.77. The highest BCUT2D eigenvalue weighted by atomic mass is 16.5. The van der Waals surface area contributed by atoms with Crippen LogP contribution in [-0.4, -0.2) is 26.3 Å². The van der Waals surface area contributed by atoms with E-state index in [9.17, 15) is 0 Å². The maximum atomic E-state index is 5.16. The summed E-state index contributed by atoms with van der Waals surface area (Å²) in [6.07, 6.45) is 6.85. The largest absolute Gasteiger partial charge is 0.385 e. The molecule has 1 saturated carbocycles. The third-order valence-corrected chi connectivity index (χ3v) is 3.99. The second-order valence-electron chi connectivity index (χ2n) is 6.12. The van der Waals surface area contributed by atoms with Crippen LogP contribution in [0, 0.1) is 11.3 Å². The Hall–Kier alpha value is -0.0800. The molecule has 0 saturated heterocycles. The fraction of sp³-hybridized carbons (Fsp3) is 1.00. The Balaban J connectivity index is 2.21. The molecule has 0 radical (unpaired) electrons. The molecule has 1 aliphatic rings. The van der Waals surface area contributed by atoms with E-state index in [2.05, 4.69) is 26.1 Å². The molecule has 1 aliphatic carbocycles. The first-order valence-electron chi connectivity index (χ1n) is 6.77. The number of methoxy groups -OCH3 is 1. The molecule has 1 fully saturated rings. The van der Waals surface area contributed by atoms with Crippen LogP contribution >= 0.6 is 0 Å². The van der Waals surface area contributed by atoms with E-state index in [0.29, 0.717) is 11.5 Å². The van der Waals surface area contributed by atoms with Crippen molar-refractivity contribution in [3.05, 3.63) is 0 Å². The Labute approximate surface area is 101 Å². The van der Waals surface area contributed by atoms with Gasteiger partial charge in [-0.1, -0.05) is 26.7 Å². The van der Waals surface area contributed by atoms with Crippen LogP contribution in [0.4, 0.5) is 0 Å². The third-order valence-electron chi connectivity index (χ3n) is 3.99. The minimum atomic E-state index is 0.350. The zero-order valence-electron chi connectivity index (χ0n) is 11.5. The van der Waals surface area contributed by atoms with Gasteiger partial charge in [0.05, 0.1) is 0 Å². The molecule has 1 unspecified atom stereocenters. The summed E-state index contributed by atoms with van der Waals surface area (Å²) in [4.78, 5) is 0. The average Bonchev–Trinajstić information content (AvgIpc) is 2.77. The lowest BCUT2D eigenvalue weighted by molar-refractivity contribution is 0.147. The fourth-order valence-corrected chi connectivity index (χ4v) is 2.53. The molecule has 0 aromatic rings. The zero-order chi connectivity index (χ0) is 12.0. The summed E-state index contributed by atoms with van der Waals surface area (Å²) in [5.41, 5.74) is 0.350. The predicted molar refractivity (Wildman–Crippen MR) is 69.7 cm³/mol. The zero-order valence-corrected chi connectivity index (χ0v) is 11.5. The topological polar surface area (TPSA) is 21.3 Å². The smallest absolute Gasteiger partial charge is 0.0467 e. The molecular weight excluding hydrogens is 198 g/mol. The SMILES string of the molecule is COCCC(C)(C)CNC(C)C1CCCC1. The van der Waals surface area contributed by atoms with E-state index in [1.807, 2.05) is 0 Å². The van der Waals surface area contributed by atoms with Gasteiger partial charge in [0.1, 0.15) is 0 Å². The van der Waals surface area contributed by atoms with Gasteiger partial charge in [-0.05, 0) is 37.5 Å². The lowest BCUT2D eigenvalue weighted by atomic mass is 9.88. The van der Waals surface area contributed by atoms with E-state index < -0.39 is 0 Å². The molecular formula is C14H29NO. The van der Waals surface area contributed by atoms with Crippen LogP contribution in [0.15, 0.2) is 0 Å². The van der Waals surface area contributed by atoms with E-state index in [1.165, 1.54) is 25.7 Å². The van der Waals surface area contributed by atoms with Crippen LogP contribution in [0.2, 0.25) is 0 Å². The molecule has 0 bridgehead atoms. The van der Waals surface area contributed by atoms with E-state index in [-0.39, 0.29) is 0 Å². The highest BCUT2D eigenvalue weighted by molar-refractivity contribution is 4.80. The first kappa shape index (κ1) is 14.0. The highest BCUT2D eigenvalue weighted by Gasteiger charge is 2.24. The average molecular weight is 227 g/mol. The lowest BCUT2D eigenvalue weighted by Crippen LogP contribution is -2.39. The van der Waals surface area contributed by atoms with Gasteiger partial charge in [0, 0.05) is 26.3 Å². The maximum Gasteiger partial charge on any atom is 0.0467 e. The maximum absolute atomic E-state index is 5.16. The monoisotopic (exact) mass is 227 g/mol. The number of ether oxygens (including phenoxy) is 1. The summed E-state index contributed by atoms with van der Waals surface area (Å²) in [6, 6.07) is 0.685. The van der Waals surface area contributed by atoms with Crippen LogP contribution in [0.25, 0.3) is 0 Å². The molecule has 0 heterocycles. The number of hydrogen-bond donors (Lipinski definition) is 1. The van der Waals surface area contributed by atoms with Crippen molar-refractivity contribution in [2.45, 2.75) is 58.9 Å². The van der Waals surface area contributed by atoms with Crippen molar-refractivity contribution in [2.24, 2.45) is 11.3 Å². The molecule has 96 valence electrons. The molecule has 0 aromatic carbocycles. The van der Waals surface area contributed by atoms with Gasteiger partial charge < -0.3 is 10.1 Å². The molecule has 16 heavy (non-hydrogen) atoms. The van der Waals surface area contributed by atoms with Crippen molar-refractivity contribution < 1.29 is 4.74 Å². The molecule has 1 N–H and O–H groups in total. The van der Waals surface area contributed by atoms with Gasteiger partial charge >= 0.3 is 0 Å². The summed E-state index contributed by atoms with van der Waals surface area (Å²) >= 11 is 0. The molecule has 1 atom stereocenters. The minimum Gasteiger partial charge on any atom is -0.385 e. The summed E-state index contributed by atoms with van der Waals surface area (Å²) < 4.78 is 5.16. The van der Waals surface area contributed by atoms with Gasteiger partial charge in [-0.2, -0.15) is 0 Å². The van der Waals surface area contributed by atoms with Crippen LogP contribution in [0.1, 0.15) is 52.9 Å². The highest BCUT2D eigenvalue weighted by Crippen LogP contribution is 2.28. The standard InChI is InChI=1S/C14H29NO/c1-12(13-7-5-6-8-13)15-11-14(2,3)9-10-16-4/h12-13,15H,5-11H2,1-4H3. The fourth-order valence-electron chi connectivity index (χ4n) is 2.53. The van der Waals surface area contributed by atoms with Crippen LogP contribution in [0.3, 0.4) is 0 Å². The second kappa shape index (κ2) is 6.61. The molecule has 0 spiro atoms. The van der Waals surface area contributed by atoms with Crippen molar-refractivity contribution in [2.75, 3.05) is 20.3 Å². The van der Waals surface area contributed by atoms with Crippen LogP contribution in [0.5, 0.6) is 0 Å². The van der Waals surface area contributed by atoms with Crippen molar-refractivity contribution in [1.82, 2.24) is 5.32 Å². The predicted octanol–water partition coefficient (Wildman–Crippen LogP) is 3.22. The van der Waals surface area contributed by atoms with Crippen molar-refractivity contribution in [3.63, 3.8) is 0 Å². The molecule has 1 rings (SSSR count). The van der Waals surface area contributed by atoms with Gasteiger partial charge in [0.15, 0.2) is 0 Å².